The van der Waals surface area contributed by atoms with E-state index in [0.717, 1.165) is 11.4 Å². The first kappa shape index (κ1) is 18.9. The van der Waals surface area contributed by atoms with Gasteiger partial charge in [0.1, 0.15) is 0 Å². The molecule has 0 fully saturated rings. The lowest BCUT2D eigenvalue weighted by Gasteiger charge is -2.25. The number of nitrogens with one attached hydrogen (secondary N) is 1. The number of aliphatic hydroxyl groups is 1. The van der Waals surface area contributed by atoms with Crippen LogP contribution in [0.25, 0.3) is 5.82 Å². The van der Waals surface area contributed by atoms with Gasteiger partial charge in [-0.05, 0) is 38.5 Å². The number of alkyl halides is 3. The Labute approximate surface area is 142 Å². The molecule has 2 aromatic rings. The van der Waals surface area contributed by atoms with Crippen LogP contribution < -0.4 is 5.32 Å². The predicted molar refractivity (Wildman–Crippen MR) is 84.0 cm³/mol. The Morgan fingerprint density at radius 2 is 2.00 bits per heavy atom. The van der Waals surface area contributed by atoms with Crippen LogP contribution in [-0.4, -0.2) is 37.6 Å². The van der Waals surface area contributed by atoms with Gasteiger partial charge in [-0.3, -0.25) is 4.79 Å². The molecule has 0 saturated heterocycles. The molecule has 1 amide bonds. The second-order valence-electron chi connectivity index (χ2n) is 6.09. The Hall–Kier alpha value is -2.42. The molecule has 0 aromatic carbocycles. The highest BCUT2D eigenvalue weighted by molar-refractivity contribution is 5.77. The summed E-state index contributed by atoms with van der Waals surface area (Å²) in [6.45, 7) is 4.33. The highest BCUT2D eigenvalue weighted by Gasteiger charge is 2.50. The van der Waals surface area contributed by atoms with Crippen LogP contribution in [0.5, 0.6) is 0 Å². The molecule has 0 aliphatic rings. The van der Waals surface area contributed by atoms with Gasteiger partial charge in [0.05, 0.1) is 12.1 Å². The van der Waals surface area contributed by atoms with Crippen molar-refractivity contribution in [3.05, 3.63) is 41.3 Å². The zero-order chi connectivity index (χ0) is 18.8. The Morgan fingerprint density at radius 1 is 1.32 bits per heavy atom. The lowest BCUT2D eigenvalue weighted by atomic mass is 10.0. The van der Waals surface area contributed by atoms with Crippen molar-refractivity contribution in [2.45, 2.75) is 45.5 Å². The van der Waals surface area contributed by atoms with Gasteiger partial charge >= 0.3 is 6.18 Å². The second kappa shape index (κ2) is 6.83. The van der Waals surface area contributed by atoms with Crippen LogP contribution in [0, 0.1) is 13.8 Å². The van der Waals surface area contributed by atoms with Gasteiger partial charge in [-0.2, -0.15) is 18.3 Å². The van der Waals surface area contributed by atoms with Crippen LogP contribution in [0.2, 0.25) is 0 Å². The maximum Gasteiger partial charge on any atom is 0.417 e. The van der Waals surface area contributed by atoms with E-state index in [1.165, 1.54) is 6.20 Å². The first-order valence-corrected chi connectivity index (χ1v) is 7.54. The number of aryl methyl sites for hydroxylation is 2. The lowest BCUT2D eigenvalue weighted by molar-refractivity contribution is -0.253. The molecule has 0 radical (unpaired) electrons. The first-order chi connectivity index (χ1) is 11.5. The number of carbonyl (C=O) groups excluding carboxylic acids is 1. The normalized spacial score (nSPS) is 14.2. The smallest absolute Gasteiger partial charge is 0.380 e. The van der Waals surface area contributed by atoms with Crippen molar-refractivity contribution in [1.29, 1.82) is 0 Å². The molecular weight excluding hydrogens is 337 g/mol. The van der Waals surface area contributed by atoms with Gasteiger partial charge in [0.2, 0.25) is 5.91 Å². The third-order valence-electron chi connectivity index (χ3n) is 3.64. The van der Waals surface area contributed by atoms with E-state index in [-0.39, 0.29) is 6.54 Å². The minimum atomic E-state index is -4.87. The largest absolute Gasteiger partial charge is 0.417 e. The van der Waals surface area contributed by atoms with E-state index < -0.39 is 24.1 Å². The number of halogens is 3. The van der Waals surface area contributed by atoms with E-state index in [0.29, 0.717) is 18.3 Å². The Morgan fingerprint density at radius 3 is 2.48 bits per heavy atom. The van der Waals surface area contributed by atoms with Gasteiger partial charge in [0.25, 0.3) is 0 Å². The molecule has 2 N–H and O–H groups in total. The summed E-state index contributed by atoms with van der Waals surface area (Å²) >= 11 is 0. The molecule has 0 aliphatic carbocycles. The third-order valence-corrected chi connectivity index (χ3v) is 3.64. The fraction of sp³-hybridized carbons (Fsp3) is 0.438. The lowest BCUT2D eigenvalue weighted by Crippen LogP contribution is -2.46. The number of aromatic nitrogens is 3. The van der Waals surface area contributed by atoms with Crippen molar-refractivity contribution in [2.75, 3.05) is 0 Å². The van der Waals surface area contributed by atoms with Crippen molar-refractivity contribution in [3.63, 3.8) is 0 Å². The van der Waals surface area contributed by atoms with Crippen molar-refractivity contribution in [3.8, 4) is 5.82 Å². The monoisotopic (exact) mass is 356 g/mol. The minimum Gasteiger partial charge on any atom is -0.380 e. The molecule has 2 aromatic heterocycles. The van der Waals surface area contributed by atoms with Crippen molar-refractivity contribution in [1.82, 2.24) is 20.1 Å². The van der Waals surface area contributed by atoms with Gasteiger partial charge in [0, 0.05) is 18.4 Å². The SMILES string of the molecule is Cc1cc(C)n(-c2ccc(CNC(=O)CC(C)(O)C(F)(F)F)cn2)n1. The van der Waals surface area contributed by atoms with E-state index in [9.17, 15) is 23.1 Å². The Kier molecular flexibility index (Phi) is 5.17. The molecule has 25 heavy (non-hydrogen) atoms. The van der Waals surface area contributed by atoms with Gasteiger partial charge < -0.3 is 10.4 Å². The number of hydrogen-bond donors (Lipinski definition) is 2. The van der Waals surface area contributed by atoms with Crippen LogP contribution >= 0.6 is 0 Å². The van der Waals surface area contributed by atoms with Gasteiger partial charge in [0.15, 0.2) is 11.4 Å². The number of rotatable bonds is 5. The molecule has 6 nitrogen and oxygen atoms in total. The molecule has 0 saturated carbocycles. The highest BCUT2D eigenvalue weighted by atomic mass is 19.4. The summed E-state index contributed by atoms with van der Waals surface area (Å²) in [4.78, 5) is 15.8. The van der Waals surface area contributed by atoms with Crippen LogP contribution in [0.3, 0.4) is 0 Å². The van der Waals surface area contributed by atoms with Gasteiger partial charge in [-0.15, -0.1) is 0 Å². The summed E-state index contributed by atoms with van der Waals surface area (Å²) in [5.74, 6) is -0.300. The standard InChI is InChI=1S/C16H19F3N4O2/c1-10-6-11(2)23(22-10)13-5-4-12(8-20-13)9-21-14(24)7-15(3,25)16(17,18)19/h4-6,8,25H,7,9H2,1-3H3,(H,21,24). The molecule has 2 rings (SSSR count). The van der Waals surface area contributed by atoms with Gasteiger partial charge in [-0.1, -0.05) is 6.07 Å². The summed E-state index contributed by atoms with van der Waals surface area (Å²) in [6, 6.07) is 5.30. The highest BCUT2D eigenvalue weighted by Crippen LogP contribution is 2.32. The molecular formula is C16H19F3N4O2. The van der Waals surface area contributed by atoms with E-state index in [4.69, 9.17) is 0 Å². The second-order valence-corrected chi connectivity index (χ2v) is 6.09. The van der Waals surface area contributed by atoms with Crippen LogP contribution in [0.4, 0.5) is 13.2 Å². The summed E-state index contributed by atoms with van der Waals surface area (Å²) in [6.07, 6.45) is -4.42. The van der Waals surface area contributed by atoms with Gasteiger partial charge in [-0.25, -0.2) is 9.67 Å². The fourth-order valence-corrected chi connectivity index (χ4v) is 2.18. The van der Waals surface area contributed by atoms with Crippen LogP contribution in [-0.2, 0) is 11.3 Å². The number of pyridine rings is 1. The quantitative estimate of drug-likeness (QED) is 0.861. The number of amides is 1. The average Bonchev–Trinajstić information content (AvgIpc) is 2.83. The molecule has 0 spiro atoms. The predicted octanol–water partition coefficient (Wildman–Crippen LogP) is 2.20. The molecule has 9 heteroatoms. The summed E-state index contributed by atoms with van der Waals surface area (Å²) in [5, 5.41) is 15.9. The molecule has 1 unspecified atom stereocenters. The zero-order valence-corrected chi connectivity index (χ0v) is 14.1. The number of nitrogens with zero attached hydrogens (tertiary/aromatic N) is 3. The minimum absolute atomic E-state index is 0.0111. The van der Waals surface area contributed by atoms with Crippen LogP contribution in [0.1, 0.15) is 30.3 Å². The fourth-order valence-electron chi connectivity index (χ4n) is 2.18. The summed E-state index contributed by atoms with van der Waals surface area (Å²) < 4.78 is 39.3. The number of carbonyl (C=O) groups is 1. The zero-order valence-electron chi connectivity index (χ0n) is 14.1. The van der Waals surface area contributed by atoms with E-state index in [1.807, 2.05) is 19.9 Å². The molecule has 2 heterocycles. The molecule has 0 aliphatic heterocycles. The van der Waals surface area contributed by atoms with E-state index >= 15 is 0 Å². The number of hydrogen-bond acceptors (Lipinski definition) is 4. The molecule has 1 atom stereocenters. The van der Waals surface area contributed by atoms with Crippen molar-refractivity contribution in [2.24, 2.45) is 0 Å². The van der Waals surface area contributed by atoms with E-state index in [2.05, 4.69) is 15.4 Å². The average molecular weight is 356 g/mol. The summed E-state index contributed by atoms with van der Waals surface area (Å²) in [7, 11) is 0. The first-order valence-electron chi connectivity index (χ1n) is 7.54. The Bertz CT molecular complexity index is 752. The maximum absolute atomic E-state index is 12.5. The third kappa shape index (κ3) is 4.56. The van der Waals surface area contributed by atoms with E-state index in [1.54, 1.807) is 16.8 Å². The molecule has 0 bridgehead atoms. The molecule has 136 valence electrons. The Balaban J connectivity index is 1.96. The summed E-state index contributed by atoms with van der Waals surface area (Å²) in [5.41, 5.74) is -0.674. The maximum atomic E-state index is 12.5. The van der Waals surface area contributed by atoms with Crippen molar-refractivity contribution < 1.29 is 23.1 Å². The van der Waals surface area contributed by atoms with Crippen LogP contribution in [0.15, 0.2) is 24.4 Å². The topological polar surface area (TPSA) is 80.0 Å². The van der Waals surface area contributed by atoms with Crippen molar-refractivity contribution >= 4 is 5.91 Å².